The smallest absolute Gasteiger partial charge is 0.0544 e. The number of nitrogens with zero attached hydrogens (tertiary/aromatic N) is 5. The predicted molar refractivity (Wildman–Crippen MR) is 133 cm³/mol. The van der Waals surface area contributed by atoms with Crippen LogP contribution in [-0.4, -0.2) is 42.9 Å². The van der Waals surface area contributed by atoms with Crippen molar-refractivity contribution in [1.29, 1.82) is 0 Å². The van der Waals surface area contributed by atoms with Crippen molar-refractivity contribution >= 4 is 0 Å². The fraction of sp³-hybridized carbons (Fsp3) is 0.444. The van der Waals surface area contributed by atoms with E-state index in [-0.39, 0.29) is 0 Å². The molecule has 3 heterocycles. The summed E-state index contributed by atoms with van der Waals surface area (Å²) >= 11 is 0. The lowest BCUT2D eigenvalue weighted by molar-refractivity contribution is 0.164. The summed E-state index contributed by atoms with van der Waals surface area (Å²) < 4.78 is 0. The largest absolute Gasteiger partial charge is 0.293 e. The number of hydrogen-bond donors (Lipinski definition) is 0. The Labute approximate surface area is 194 Å². The molecule has 5 heteroatoms. The highest BCUT2D eigenvalue weighted by Crippen LogP contribution is 2.11. The molecule has 0 aliphatic rings. The third-order valence-electron chi connectivity index (χ3n) is 5.31. The Balaban J connectivity index is 0.000000235. The van der Waals surface area contributed by atoms with Crippen LogP contribution in [0.25, 0.3) is 0 Å². The van der Waals surface area contributed by atoms with Gasteiger partial charge >= 0.3 is 0 Å². The lowest BCUT2D eigenvalue weighted by Crippen LogP contribution is -2.36. The van der Waals surface area contributed by atoms with Crippen LogP contribution >= 0.6 is 0 Å². The second-order valence-electron chi connectivity index (χ2n) is 8.82. The lowest BCUT2D eigenvalue weighted by Gasteiger charge is -2.30. The van der Waals surface area contributed by atoms with E-state index in [2.05, 4.69) is 84.5 Å². The zero-order chi connectivity index (χ0) is 23.3. The average Bonchev–Trinajstić information content (AvgIpc) is 2.79. The van der Waals surface area contributed by atoms with E-state index in [1.165, 1.54) is 0 Å². The van der Waals surface area contributed by atoms with Gasteiger partial charge in [0.15, 0.2) is 0 Å². The Morgan fingerprint density at radius 1 is 0.531 bits per heavy atom. The van der Waals surface area contributed by atoms with Gasteiger partial charge in [-0.25, -0.2) is 0 Å². The average molecular weight is 434 g/mol. The summed E-state index contributed by atoms with van der Waals surface area (Å²) in [7, 11) is 0. The minimum Gasteiger partial charge on any atom is -0.293 e. The van der Waals surface area contributed by atoms with Gasteiger partial charge in [-0.1, -0.05) is 18.2 Å². The summed E-state index contributed by atoms with van der Waals surface area (Å²) in [6.07, 6.45) is 5.54. The second-order valence-corrected chi connectivity index (χ2v) is 8.82. The first-order valence-corrected chi connectivity index (χ1v) is 11.6. The van der Waals surface area contributed by atoms with Gasteiger partial charge in [0.1, 0.15) is 0 Å². The van der Waals surface area contributed by atoms with Crippen LogP contribution in [0.15, 0.2) is 73.2 Å². The predicted octanol–water partition coefficient (Wildman–Crippen LogP) is 5.59. The van der Waals surface area contributed by atoms with Crippen molar-refractivity contribution in [2.75, 3.05) is 0 Å². The normalized spacial score (nSPS) is 11.3. The molecule has 172 valence electrons. The van der Waals surface area contributed by atoms with Crippen molar-refractivity contribution in [3.05, 3.63) is 90.3 Å². The third-order valence-corrected chi connectivity index (χ3v) is 5.31. The Morgan fingerprint density at radius 2 is 0.906 bits per heavy atom. The molecule has 0 atom stereocenters. The summed E-state index contributed by atoms with van der Waals surface area (Å²) in [5.41, 5.74) is 3.35. The molecule has 0 saturated heterocycles. The van der Waals surface area contributed by atoms with Gasteiger partial charge in [-0.2, -0.15) is 0 Å². The van der Waals surface area contributed by atoms with Gasteiger partial charge < -0.3 is 0 Å². The maximum atomic E-state index is 4.38. The van der Waals surface area contributed by atoms with Gasteiger partial charge in [0, 0.05) is 56.4 Å². The van der Waals surface area contributed by atoms with Crippen molar-refractivity contribution in [2.45, 2.75) is 79.3 Å². The summed E-state index contributed by atoms with van der Waals surface area (Å²) in [4.78, 5) is 17.9. The van der Waals surface area contributed by atoms with Crippen LogP contribution in [0.2, 0.25) is 0 Å². The Kier molecular flexibility index (Phi) is 11.0. The minimum atomic E-state index is 0.467. The highest BCUT2D eigenvalue weighted by molar-refractivity contribution is 5.06. The van der Waals surface area contributed by atoms with E-state index in [9.17, 15) is 0 Å². The van der Waals surface area contributed by atoms with E-state index in [0.717, 1.165) is 36.7 Å². The van der Waals surface area contributed by atoms with Crippen LogP contribution in [0.1, 0.15) is 58.6 Å². The molecule has 0 saturated carbocycles. The molecule has 5 nitrogen and oxygen atoms in total. The van der Waals surface area contributed by atoms with Crippen LogP contribution < -0.4 is 0 Å². The molecule has 0 aromatic carbocycles. The summed E-state index contributed by atoms with van der Waals surface area (Å²) in [5, 5.41) is 0. The highest BCUT2D eigenvalue weighted by atomic mass is 15.2. The SMILES string of the molecule is CC(C)N(Cc1ccccn1)C(C)C.CC(C)N(Cc1ccccn1)Cc1ccccn1. The van der Waals surface area contributed by atoms with Crippen LogP contribution in [0, 0.1) is 0 Å². The molecule has 0 unspecified atom stereocenters. The van der Waals surface area contributed by atoms with Crippen LogP contribution in [-0.2, 0) is 19.6 Å². The first-order chi connectivity index (χ1) is 15.4. The van der Waals surface area contributed by atoms with Gasteiger partial charge in [0.25, 0.3) is 0 Å². The van der Waals surface area contributed by atoms with E-state index in [1.54, 1.807) is 0 Å². The second kappa shape index (κ2) is 13.7. The van der Waals surface area contributed by atoms with E-state index in [4.69, 9.17) is 0 Å². The maximum absolute atomic E-state index is 4.38. The minimum absolute atomic E-state index is 0.467. The van der Waals surface area contributed by atoms with E-state index >= 15 is 0 Å². The van der Waals surface area contributed by atoms with Gasteiger partial charge in [0.2, 0.25) is 0 Å². The van der Waals surface area contributed by atoms with Gasteiger partial charge in [-0.3, -0.25) is 24.8 Å². The summed E-state index contributed by atoms with van der Waals surface area (Å²) in [6.45, 7) is 16.0. The Hall–Kier alpha value is -2.63. The quantitative estimate of drug-likeness (QED) is 0.440. The molecule has 0 radical (unpaired) electrons. The zero-order valence-electron chi connectivity index (χ0n) is 20.5. The van der Waals surface area contributed by atoms with Crippen molar-refractivity contribution in [3.63, 3.8) is 0 Å². The Morgan fingerprint density at radius 3 is 1.19 bits per heavy atom. The number of aromatic nitrogens is 3. The molecule has 3 aromatic rings. The monoisotopic (exact) mass is 433 g/mol. The Bertz CT molecular complexity index is 801. The fourth-order valence-corrected chi connectivity index (χ4v) is 3.46. The van der Waals surface area contributed by atoms with Gasteiger partial charge in [-0.05, 0) is 77.9 Å². The first-order valence-electron chi connectivity index (χ1n) is 11.6. The van der Waals surface area contributed by atoms with Gasteiger partial charge in [-0.15, -0.1) is 0 Å². The molecule has 0 aliphatic heterocycles. The van der Waals surface area contributed by atoms with E-state index in [0.29, 0.717) is 18.1 Å². The molecule has 0 spiro atoms. The molecule has 0 aliphatic carbocycles. The molecule has 32 heavy (non-hydrogen) atoms. The number of hydrogen-bond acceptors (Lipinski definition) is 5. The maximum Gasteiger partial charge on any atom is 0.0544 e. The molecular formula is C27H39N5. The topological polar surface area (TPSA) is 45.2 Å². The van der Waals surface area contributed by atoms with Crippen molar-refractivity contribution in [2.24, 2.45) is 0 Å². The first kappa shape index (κ1) is 25.6. The zero-order valence-corrected chi connectivity index (χ0v) is 20.5. The standard InChI is InChI=1S/C15H19N3.C12H20N2/c1-13(2)18(11-14-7-3-5-9-16-14)12-15-8-4-6-10-17-15;1-10(2)14(11(3)4)9-12-7-5-6-8-13-12/h3-10,13H,11-12H2,1-2H3;5-8,10-11H,9H2,1-4H3. The van der Waals surface area contributed by atoms with Crippen LogP contribution in [0.4, 0.5) is 0 Å². The molecule has 0 N–H and O–H groups in total. The van der Waals surface area contributed by atoms with Crippen molar-refractivity contribution < 1.29 is 0 Å². The summed E-state index contributed by atoms with van der Waals surface area (Å²) in [5.74, 6) is 0. The number of pyridine rings is 3. The molecule has 0 bridgehead atoms. The van der Waals surface area contributed by atoms with Crippen molar-refractivity contribution in [3.8, 4) is 0 Å². The van der Waals surface area contributed by atoms with Crippen LogP contribution in [0.5, 0.6) is 0 Å². The van der Waals surface area contributed by atoms with Crippen LogP contribution in [0.3, 0.4) is 0 Å². The lowest BCUT2D eigenvalue weighted by atomic mass is 10.2. The molecular weight excluding hydrogens is 394 g/mol. The highest BCUT2D eigenvalue weighted by Gasteiger charge is 2.14. The molecule has 0 fully saturated rings. The fourth-order valence-electron chi connectivity index (χ4n) is 3.46. The molecule has 0 amide bonds. The van der Waals surface area contributed by atoms with Crippen molar-refractivity contribution in [1.82, 2.24) is 24.8 Å². The summed E-state index contributed by atoms with van der Waals surface area (Å²) in [6, 6.07) is 19.8. The molecule has 3 aromatic heterocycles. The van der Waals surface area contributed by atoms with E-state index in [1.807, 2.05) is 55.0 Å². The van der Waals surface area contributed by atoms with Gasteiger partial charge in [0.05, 0.1) is 17.1 Å². The van der Waals surface area contributed by atoms with E-state index < -0.39 is 0 Å². The third kappa shape index (κ3) is 9.25. The molecule has 3 rings (SSSR count). The number of rotatable bonds is 9.